The fourth-order valence-electron chi connectivity index (χ4n) is 2.19. The monoisotopic (exact) mass is 338 g/mol. The first-order valence-electron chi connectivity index (χ1n) is 7.53. The molecule has 7 heteroatoms. The number of rotatable bonds is 6. The zero-order chi connectivity index (χ0) is 17.6. The van der Waals surface area contributed by atoms with Crippen molar-refractivity contribution >= 4 is 17.2 Å². The Morgan fingerprint density at radius 1 is 0.920 bits per heavy atom. The van der Waals surface area contributed by atoms with E-state index in [1.807, 2.05) is 42.5 Å². The van der Waals surface area contributed by atoms with Gasteiger partial charge in [-0.2, -0.15) is 4.98 Å². The average molecular weight is 338 g/mol. The molecule has 0 fully saturated rings. The molecule has 3 N–H and O–H groups in total. The number of methoxy groups -OCH3 is 2. The second-order valence-corrected chi connectivity index (χ2v) is 5.05. The molecular formula is C18H18N4O3. The van der Waals surface area contributed by atoms with Crippen LogP contribution in [0.15, 0.2) is 54.9 Å². The van der Waals surface area contributed by atoms with Crippen molar-refractivity contribution in [3.8, 4) is 23.1 Å². The van der Waals surface area contributed by atoms with Crippen LogP contribution in [0.4, 0.5) is 17.2 Å². The van der Waals surface area contributed by atoms with E-state index in [2.05, 4.69) is 15.3 Å². The molecule has 1 aromatic heterocycles. The Bertz CT molecular complexity index is 856. The van der Waals surface area contributed by atoms with E-state index in [1.165, 1.54) is 6.33 Å². The summed E-state index contributed by atoms with van der Waals surface area (Å²) in [5.41, 5.74) is 7.14. The van der Waals surface area contributed by atoms with Crippen molar-refractivity contribution in [1.82, 2.24) is 9.97 Å². The molecule has 0 saturated carbocycles. The molecule has 25 heavy (non-hydrogen) atoms. The molecule has 3 rings (SSSR count). The summed E-state index contributed by atoms with van der Waals surface area (Å²) in [4.78, 5) is 8.28. The first-order chi connectivity index (χ1) is 12.2. The van der Waals surface area contributed by atoms with E-state index in [0.717, 1.165) is 0 Å². The van der Waals surface area contributed by atoms with Gasteiger partial charge in [0.05, 0.1) is 19.9 Å². The zero-order valence-corrected chi connectivity index (χ0v) is 13.9. The van der Waals surface area contributed by atoms with Crippen LogP contribution in [0.5, 0.6) is 23.1 Å². The number of anilines is 3. The van der Waals surface area contributed by atoms with Crippen molar-refractivity contribution in [3.05, 3.63) is 54.9 Å². The minimum Gasteiger partial charge on any atom is -0.497 e. The third-order valence-electron chi connectivity index (χ3n) is 3.47. The Balaban J connectivity index is 1.87. The van der Waals surface area contributed by atoms with Gasteiger partial charge in [-0.25, -0.2) is 4.98 Å². The van der Waals surface area contributed by atoms with Gasteiger partial charge in [0.2, 0.25) is 5.88 Å². The van der Waals surface area contributed by atoms with Crippen molar-refractivity contribution in [1.29, 1.82) is 0 Å². The molecule has 3 aromatic rings. The van der Waals surface area contributed by atoms with Gasteiger partial charge in [0.1, 0.15) is 29.3 Å². The van der Waals surface area contributed by atoms with Gasteiger partial charge in [-0.05, 0) is 24.3 Å². The van der Waals surface area contributed by atoms with Crippen LogP contribution in [0.2, 0.25) is 0 Å². The number of benzene rings is 2. The Labute approximate surface area is 145 Å². The lowest BCUT2D eigenvalue weighted by Crippen LogP contribution is -2.04. The van der Waals surface area contributed by atoms with Crippen LogP contribution < -0.4 is 25.3 Å². The third kappa shape index (κ3) is 3.72. The molecule has 0 bridgehead atoms. The number of ether oxygens (including phenoxy) is 3. The number of nitrogen functional groups attached to an aromatic ring is 1. The SMILES string of the molecule is COc1ccc(Nc2ncnc(Oc3ccccc3)c2N)c(OC)c1. The molecule has 0 radical (unpaired) electrons. The highest BCUT2D eigenvalue weighted by atomic mass is 16.5. The summed E-state index contributed by atoms with van der Waals surface area (Å²) in [6.07, 6.45) is 1.38. The number of nitrogens with zero attached hydrogens (tertiary/aromatic N) is 2. The third-order valence-corrected chi connectivity index (χ3v) is 3.47. The van der Waals surface area contributed by atoms with Crippen LogP contribution in [-0.2, 0) is 0 Å². The van der Waals surface area contributed by atoms with Crippen LogP contribution in [0.1, 0.15) is 0 Å². The first kappa shape index (κ1) is 16.4. The molecule has 0 aliphatic carbocycles. The van der Waals surface area contributed by atoms with Gasteiger partial charge >= 0.3 is 0 Å². The van der Waals surface area contributed by atoms with E-state index >= 15 is 0 Å². The Morgan fingerprint density at radius 3 is 2.44 bits per heavy atom. The van der Waals surface area contributed by atoms with E-state index in [9.17, 15) is 0 Å². The van der Waals surface area contributed by atoms with E-state index in [4.69, 9.17) is 19.9 Å². The predicted octanol–water partition coefficient (Wildman–Crippen LogP) is 3.61. The minimum absolute atomic E-state index is 0.274. The maximum atomic E-state index is 6.15. The van der Waals surface area contributed by atoms with Crippen molar-refractivity contribution < 1.29 is 14.2 Å². The molecule has 2 aromatic carbocycles. The number of nitrogens with one attached hydrogen (secondary N) is 1. The lowest BCUT2D eigenvalue weighted by molar-refractivity contribution is 0.395. The Morgan fingerprint density at radius 2 is 1.72 bits per heavy atom. The van der Waals surface area contributed by atoms with Crippen molar-refractivity contribution in [2.45, 2.75) is 0 Å². The van der Waals surface area contributed by atoms with Crippen molar-refractivity contribution in [2.24, 2.45) is 0 Å². The maximum Gasteiger partial charge on any atom is 0.248 e. The molecule has 0 unspecified atom stereocenters. The molecule has 1 heterocycles. The van der Waals surface area contributed by atoms with Crippen LogP contribution >= 0.6 is 0 Å². The molecular weight excluding hydrogens is 320 g/mol. The summed E-state index contributed by atoms with van der Waals surface area (Å²) < 4.78 is 16.3. The highest BCUT2D eigenvalue weighted by molar-refractivity contribution is 5.75. The second-order valence-electron chi connectivity index (χ2n) is 5.05. The first-order valence-corrected chi connectivity index (χ1v) is 7.53. The normalized spacial score (nSPS) is 10.2. The van der Waals surface area contributed by atoms with Gasteiger partial charge in [-0.1, -0.05) is 18.2 Å². The van der Waals surface area contributed by atoms with Crippen LogP contribution in [0.3, 0.4) is 0 Å². The van der Waals surface area contributed by atoms with Gasteiger partial charge in [0.25, 0.3) is 0 Å². The summed E-state index contributed by atoms with van der Waals surface area (Å²) >= 11 is 0. The number of nitrogens with two attached hydrogens (primary N) is 1. The molecule has 7 nitrogen and oxygen atoms in total. The summed E-state index contributed by atoms with van der Waals surface area (Å²) in [7, 11) is 3.17. The number of hydrogen-bond acceptors (Lipinski definition) is 7. The van der Waals surface area contributed by atoms with E-state index in [0.29, 0.717) is 34.4 Å². The summed E-state index contributed by atoms with van der Waals surface area (Å²) in [6, 6.07) is 14.7. The summed E-state index contributed by atoms with van der Waals surface area (Å²) in [5, 5.41) is 3.13. The standard InChI is InChI=1S/C18H18N4O3/c1-23-13-8-9-14(15(10-13)24-2)22-17-16(19)18(21-11-20-17)25-12-6-4-3-5-7-12/h3-11H,19H2,1-2H3,(H,20,21,22). The van der Waals surface area contributed by atoms with E-state index < -0.39 is 0 Å². The Hall–Kier alpha value is -3.48. The Kier molecular flexibility index (Phi) is 4.84. The van der Waals surface area contributed by atoms with Gasteiger partial charge in [0, 0.05) is 6.07 Å². The van der Waals surface area contributed by atoms with Gasteiger partial charge < -0.3 is 25.3 Å². The molecule has 0 amide bonds. The minimum atomic E-state index is 0.274. The quantitative estimate of drug-likeness (QED) is 0.709. The molecule has 0 saturated heterocycles. The highest BCUT2D eigenvalue weighted by Gasteiger charge is 2.13. The highest BCUT2D eigenvalue weighted by Crippen LogP contribution is 2.35. The van der Waals surface area contributed by atoms with Gasteiger partial charge in [-0.3, -0.25) is 0 Å². The molecule has 128 valence electrons. The number of hydrogen-bond donors (Lipinski definition) is 2. The molecule has 0 aliphatic rings. The maximum absolute atomic E-state index is 6.15. The molecule has 0 spiro atoms. The summed E-state index contributed by atoms with van der Waals surface area (Å²) in [6.45, 7) is 0. The fourth-order valence-corrected chi connectivity index (χ4v) is 2.19. The van der Waals surface area contributed by atoms with Crippen LogP contribution in [-0.4, -0.2) is 24.2 Å². The van der Waals surface area contributed by atoms with E-state index in [-0.39, 0.29) is 5.88 Å². The van der Waals surface area contributed by atoms with Crippen LogP contribution in [0.25, 0.3) is 0 Å². The largest absolute Gasteiger partial charge is 0.497 e. The second kappa shape index (κ2) is 7.39. The number of para-hydroxylation sites is 1. The topological polar surface area (TPSA) is 91.5 Å². The average Bonchev–Trinajstić information content (AvgIpc) is 2.66. The number of aromatic nitrogens is 2. The van der Waals surface area contributed by atoms with Gasteiger partial charge in [0.15, 0.2) is 5.82 Å². The van der Waals surface area contributed by atoms with Crippen molar-refractivity contribution in [2.75, 3.05) is 25.3 Å². The smallest absolute Gasteiger partial charge is 0.248 e. The van der Waals surface area contributed by atoms with E-state index in [1.54, 1.807) is 20.3 Å². The fraction of sp³-hybridized carbons (Fsp3) is 0.111. The summed E-state index contributed by atoms with van der Waals surface area (Å²) in [5.74, 6) is 2.62. The molecule has 0 aliphatic heterocycles. The lowest BCUT2D eigenvalue weighted by atomic mass is 10.2. The van der Waals surface area contributed by atoms with Gasteiger partial charge in [-0.15, -0.1) is 0 Å². The molecule has 0 atom stereocenters. The predicted molar refractivity (Wildman–Crippen MR) is 95.8 cm³/mol. The zero-order valence-electron chi connectivity index (χ0n) is 13.9. The van der Waals surface area contributed by atoms with Crippen molar-refractivity contribution in [3.63, 3.8) is 0 Å². The lowest BCUT2D eigenvalue weighted by Gasteiger charge is -2.14. The van der Waals surface area contributed by atoms with Crippen LogP contribution in [0, 0.1) is 0 Å².